The zero-order valence-electron chi connectivity index (χ0n) is 10.7. The van der Waals surface area contributed by atoms with E-state index in [-0.39, 0.29) is 0 Å². The molecule has 1 aromatic carbocycles. The van der Waals surface area contributed by atoms with E-state index in [4.69, 9.17) is 14.6 Å². The monoisotopic (exact) mass is 262 g/mol. The summed E-state index contributed by atoms with van der Waals surface area (Å²) in [7, 11) is 0. The van der Waals surface area contributed by atoms with Crippen LogP contribution in [-0.4, -0.2) is 30.4 Å². The topological polar surface area (TPSA) is 55.8 Å². The highest BCUT2D eigenvalue weighted by atomic mass is 16.5. The lowest BCUT2D eigenvalue weighted by Gasteiger charge is -2.25. The first-order valence-electron chi connectivity index (χ1n) is 6.49. The summed E-state index contributed by atoms with van der Waals surface area (Å²) < 4.78 is 11.1. The van der Waals surface area contributed by atoms with Crippen molar-refractivity contribution in [2.24, 2.45) is 0 Å². The average Bonchev–Trinajstić information content (AvgIpc) is 2.35. The van der Waals surface area contributed by atoms with Crippen molar-refractivity contribution >= 4 is 12.0 Å². The van der Waals surface area contributed by atoms with E-state index in [0.29, 0.717) is 19.3 Å². The van der Waals surface area contributed by atoms with Crippen molar-refractivity contribution in [3.63, 3.8) is 0 Å². The highest BCUT2D eigenvalue weighted by Gasteiger charge is 2.17. The predicted molar refractivity (Wildman–Crippen MR) is 72.2 cm³/mol. The summed E-state index contributed by atoms with van der Waals surface area (Å²) in [6.45, 7) is 1.16. The van der Waals surface area contributed by atoms with Crippen LogP contribution in [-0.2, 0) is 9.53 Å². The van der Waals surface area contributed by atoms with Crippen molar-refractivity contribution in [2.75, 3.05) is 13.2 Å². The van der Waals surface area contributed by atoms with E-state index < -0.39 is 5.97 Å². The Kier molecular flexibility index (Phi) is 4.98. The number of rotatable bonds is 7. The highest BCUT2D eigenvalue weighted by molar-refractivity contribution is 5.85. The van der Waals surface area contributed by atoms with Crippen LogP contribution in [0.25, 0.3) is 6.08 Å². The molecule has 0 saturated heterocycles. The van der Waals surface area contributed by atoms with E-state index in [9.17, 15) is 4.79 Å². The van der Waals surface area contributed by atoms with Crippen LogP contribution < -0.4 is 4.74 Å². The number of aliphatic carboxylic acids is 1. The largest absolute Gasteiger partial charge is 0.491 e. The number of benzene rings is 1. The number of carbonyl (C=O) groups is 1. The number of ether oxygens (including phenoxy) is 2. The Morgan fingerprint density at radius 3 is 2.58 bits per heavy atom. The maximum Gasteiger partial charge on any atom is 0.328 e. The fraction of sp³-hybridized carbons (Fsp3) is 0.400. The van der Waals surface area contributed by atoms with Crippen LogP contribution >= 0.6 is 0 Å². The predicted octanol–water partition coefficient (Wildman–Crippen LogP) is 2.73. The molecule has 0 bridgehead atoms. The lowest BCUT2D eigenvalue weighted by molar-refractivity contribution is -0.131. The van der Waals surface area contributed by atoms with E-state index >= 15 is 0 Å². The maximum atomic E-state index is 10.4. The summed E-state index contributed by atoms with van der Waals surface area (Å²) in [5, 5.41) is 8.52. The maximum absolute atomic E-state index is 10.4. The van der Waals surface area contributed by atoms with Gasteiger partial charge in [0.2, 0.25) is 0 Å². The molecule has 0 spiro atoms. The average molecular weight is 262 g/mol. The van der Waals surface area contributed by atoms with Crippen LogP contribution in [0.3, 0.4) is 0 Å². The third kappa shape index (κ3) is 4.75. The van der Waals surface area contributed by atoms with E-state index in [2.05, 4.69) is 0 Å². The molecule has 1 aromatic rings. The van der Waals surface area contributed by atoms with Crippen LogP contribution in [0.4, 0.5) is 0 Å². The van der Waals surface area contributed by atoms with Gasteiger partial charge in [0.05, 0.1) is 12.7 Å². The second-order valence-corrected chi connectivity index (χ2v) is 4.51. The Balaban J connectivity index is 1.70. The molecule has 4 heteroatoms. The molecular weight excluding hydrogens is 244 g/mol. The third-order valence-electron chi connectivity index (χ3n) is 3.06. The minimum absolute atomic E-state index is 0.437. The van der Waals surface area contributed by atoms with Crippen molar-refractivity contribution in [1.29, 1.82) is 0 Å². The molecule has 0 radical (unpaired) electrons. The van der Waals surface area contributed by atoms with Gasteiger partial charge in [0.25, 0.3) is 0 Å². The molecule has 102 valence electrons. The van der Waals surface area contributed by atoms with Gasteiger partial charge in [0, 0.05) is 6.08 Å². The lowest BCUT2D eigenvalue weighted by atomic mass is 9.96. The molecule has 1 aliphatic rings. The summed E-state index contributed by atoms with van der Waals surface area (Å²) in [6, 6.07) is 7.29. The zero-order valence-corrected chi connectivity index (χ0v) is 10.7. The summed E-state index contributed by atoms with van der Waals surface area (Å²) in [4.78, 5) is 10.4. The quantitative estimate of drug-likeness (QED) is 0.606. The summed E-state index contributed by atoms with van der Waals surface area (Å²) in [5.41, 5.74) is 0.834. The Hall–Kier alpha value is -1.81. The van der Waals surface area contributed by atoms with E-state index in [1.54, 1.807) is 6.08 Å². The molecule has 19 heavy (non-hydrogen) atoms. The highest BCUT2D eigenvalue weighted by Crippen LogP contribution is 2.21. The Morgan fingerprint density at radius 2 is 2.00 bits per heavy atom. The zero-order chi connectivity index (χ0) is 13.5. The molecule has 0 atom stereocenters. The summed E-state index contributed by atoms with van der Waals surface area (Å²) in [5.74, 6) is -0.182. The van der Waals surface area contributed by atoms with Crippen molar-refractivity contribution in [2.45, 2.75) is 25.4 Å². The normalized spacial score (nSPS) is 15.4. The van der Waals surface area contributed by atoms with Gasteiger partial charge in [-0.05, 0) is 43.0 Å². The number of carboxylic acids is 1. The minimum Gasteiger partial charge on any atom is -0.491 e. The van der Waals surface area contributed by atoms with Crippen LogP contribution in [0.1, 0.15) is 24.8 Å². The lowest BCUT2D eigenvalue weighted by Crippen LogP contribution is -2.23. The van der Waals surface area contributed by atoms with Crippen molar-refractivity contribution in [3.05, 3.63) is 35.9 Å². The van der Waals surface area contributed by atoms with Gasteiger partial charge in [-0.2, -0.15) is 0 Å². The third-order valence-corrected chi connectivity index (χ3v) is 3.06. The summed E-state index contributed by atoms with van der Waals surface area (Å²) >= 11 is 0. The van der Waals surface area contributed by atoms with Gasteiger partial charge in [-0.3, -0.25) is 0 Å². The Morgan fingerprint density at radius 1 is 1.26 bits per heavy atom. The molecule has 1 saturated carbocycles. The van der Waals surface area contributed by atoms with Crippen LogP contribution in [0.2, 0.25) is 0 Å². The van der Waals surface area contributed by atoms with Crippen LogP contribution in [0.5, 0.6) is 5.75 Å². The fourth-order valence-corrected chi connectivity index (χ4v) is 1.75. The SMILES string of the molecule is O=C(O)/C=C/c1ccc(OCCOC2CCC2)cc1. The van der Waals surface area contributed by atoms with Crippen LogP contribution in [0, 0.1) is 0 Å². The van der Waals surface area contributed by atoms with E-state index in [1.807, 2.05) is 24.3 Å². The molecule has 0 unspecified atom stereocenters. The first kappa shape index (κ1) is 13.6. The van der Waals surface area contributed by atoms with Gasteiger partial charge < -0.3 is 14.6 Å². The van der Waals surface area contributed by atoms with Gasteiger partial charge in [-0.25, -0.2) is 4.79 Å². The second-order valence-electron chi connectivity index (χ2n) is 4.51. The van der Waals surface area contributed by atoms with Gasteiger partial charge in [0.15, 0.2) is 0 Å². The summed E-state index contributed by atoms with van der Waals surface area (Å²) in [6.07, 6.45) is 6.72. The number of carboxylic acid groups (broad SMARTS) is 1. The van der Waals surface area contributed by atoms with E-state index in [0.717, 1.165) is 17.4 Å². The van der Waals surface area contributed by atoms with Crippen molar-refractivity contribution in [1.82, 2.24) is 0 Å². The van der Waals surface area contributed by atoms with Gasteiger partial charge in [-0.15, -0.1) is 0 Å². The van der Waals surface area contributed by atoms with Gasteiger partial charge in [-0.1, -0.05) is 12.1 Å². The van der Waals surface area contributed by atoms with Gasteiger partial charge >= 0.3 is 5.97 Å². The Bertz CT molecular complexity index is 432. The number of hydrogen-bond acceptors (Lipinski definition) is 3. The van der Waals surface area contributed by atoms with Crippen molar-refractivity contribution in [3.8, 4) is 5.75 Å². The molecule has 0 aliphatic heterocycles. The fourth-order valence-electron chi connectivity index (χ4n) is 1.75. The first-order valence-corrected chi connectivity index (χ1v) is 6.49. The number of hydrogen-bond donors (Lipinski definition) is 1. The molecular formula is C15H18O4. The molecule has 0 heterocycles. The molecule has 1 N–H and O–H groups in total. The smallest absolute Gasteiger partial charge is 0.328 e. The molecule has 0 amide bonds. The molecule has 4 nitrogen and oxygen atoms in total. The Labute approximate surface area is 112 Å². The molecule has 0 aromatic heterocycles. The molecule has 1 fully saturated rings. The second kappa shape index (κ2) is 6.95. The van der Waals surface area contributed by atoms with Crippen LogP contribution in [0.15, 0.2) is 30.3 Å². The minimum atomic E-state index is -0.950. The standard InChI is InChI=1S/C15H18O4/c16-15(17)9-6-12-4-7-14(8-5-12)19-11-10-18-13-2-1-3-13/h4-9,13H,1-3,10-11H2,(H,16,17)/b9-6+. The van der Waals surface area contributed by atoms with Crippen molar-refractivity contribution < 1.29 is 19.4 Å². The molecule has 2 rings (SSSR count). The van der Waals surface area contributed by atoms with Gasteiger partial charge in [0.1, 0.15) is 12.4 Å². The molecule has 1 aliphatic carbocycles. The first-order chi connectivity index (χ1) is 9.24. The van der Waals surface area contributed by atoms with E-state index in [1.165, 1.54) is 19.3 Å².